The molecule has 0 saturated carbocycles. The van der Waals surface area contributed by atoms with E-state index in [4.69, 9.17) is 20.8 Å². The van der Waals surface area contributed by atoms with Crippen LogP contribution in [0.25, 0.3) is 0 Å². The summed E-state index contributed by atoms with van der Waals surface area (Å²) >= 11 is 5.80. The van der Waals surface area contributed by atoms with E-state index in [1.807, 2.05) is 32.6 Å². The van der Waals surface area contributed by atoms with Crippen molar-refractivity contribution < 1.29 is 14.0 Å². The quantitative estimate of drug-likeness (QED) is 0.505. The van der Waals surface area contributed by atoms with Crippen LogP contribution in [0, 0.1) is 0 Å². The summed E-state index contributed by atoms with van der Waals surface area (Å²) in [6.45, 7) is 19.6. The van der Waals surface area contributed by atoms with Gasteiger partial charge < -0.3 is 14.1 Å². The van der Waals surface area contributed by atoms with Crippen molar-refractivity contribution in [1.82, 2.24) is 4.90 Å². The molecular formula is C20H38ClNO3Si. The SMILES string of the molecule is C/C(=C\Cl)CC[C@@H]1C[C@@H](O[Si](C)(C)C(C)(C)C)CN1C(=O)OC(C)(C)C. The van der Waals surface area contributed by atoms with Gasteiger partial charge in [-0.25, -0.2) is 4.79 Å². The Bertz CT molecular complexity index is 520. The van der Waals surface area contributed by atoms with Gasteiger partial charge in [-0.3, -0.25) is 0 Å². The Morgan fingerprint density at radius 1 is 1.23 bits per heavy atom. The molecule has 0 radical (unpaired) electrons. The Kier molecular flexibility index (Phi) is 7.83. The molecule has 1 rings (SSSR count). The fraction of sp³-hybridized carbons (Fsp3) is 0.850. The molecule has 0 aliphatic carbocycles. The van der Waals surface area contributed by atoms with E-state index in [-0.39, 0.29) is 23.3 Å². The number of hydrogen-bond acceptors (Lipinski definition) is 3. The van der Waals surface area contributed by atoms with E-state index in [2.05, 4.69) is 33.9 Å². The highest BCUT2D eigenvalue weighted by atomic mass is 35.5. The molecule has 0 aromatic heterocycles. The summed E-state index contributed by atoms with van der Waals surface area (Å²) in [5.41, 5.74) is 2.26. The van der Waals surface area contributed by atoms with Crippen molar-refractivity contribution in [3.8, 4) is 0 Å². The van der Waals surface area contributed by atoms with E-state index in [1.54, 1.807) is 5.54 Å². The molecular weight excluding hydrogens is 366 g/mol. The van der Waals surface area contributed by atoms with Crippen molar-refractivity contribution in [1.29, 1.82) is 0 Å². The molecule has 1 heterocycles. The number of carbonyl (C=O) groups excluding carboxylic acids is 1. The normalized spacial score (nSPS) is 22.7. The van der Waals surface area contributed by atoms with Gasteiger partial charge in [-0.15, -0.1) is 0 Å². The molecule has 1 aliphatic rings. The average Bonchev–Trinajstić information content (AvgIpc) is 2.84. The number of likely N-dealkylation sites (tertiary alicyclic amines) is 1. The number of carbonyl (C=O) groups is 1. The van der Waals surface area contributed by atoms with Gasteiger partial charge in [-0.05, 0) is 65.1 Å². The Morgan fingerprint density at radius 2 is 1.81 bits per heavy atom. The van der Waals surface area contributed by atoms with Gasteiger partial charge >= 0.3 is 6.09 Å². The lowest BCUT2D eigenvalue weighted by atomic mass is 10.1. The van der Waals surface area contributed by atoms with E-state index in [0.717, 1.165) is 24.8 Å². The molecule has 0 spiro atoms. The van der Waals surface area contributed by atoms with E-state index in [9.17, 15) is 4.79 Å². The number of rotatable bonds is 5. The van der Waals surface area contributed by atoms with Crippen LogP contribution in [0.5, 0.6) is 0 Å². The molecule has 1 amide bonds. The van der Waals surface area contributed by atoms with Crippen molar-refractivity contribution in [2.75, 3.05) is 6.54 Å². The Balaban J connectivity index is 2.88. The van der Waals surface area contributed by atoms with E-state index >= 15 is 0 Å². The summed E-state index contributed by atoms with van der Waals surface area (Å²) in [6.07, 6.45) is 2.46. The summed E-state index contributed by atoms with van der Waals surface area (Å²) in [5, 5.41) is 0.153. The third-order valence-corrected chi connectivity index (χ3v) is 10.2. The van der Waals surface area contributed by atoms with Crippen molar-refractivity contribution >= 4 is 26.0 Å². The van der Waals surface area contributed by atoms with Gasteiger partial charge in [0.05, 0.1) is 6.10 Å². The summed E-state index contributed by atoms with van der Waals surface area (Å²) in [5.74, 6) is 0. The molecule has 2 atom stereocenters. The second kappa shape index (κ2) is 8.66. The zero-order chi connectivity index (χ0) is 20.3. The van der Waals surface area contributed by atoms with Crippen LogP contribution in [0.3, 0.4) is 0 Å². The fourth-order valence-electron chi connectivity index (χ4n) is 2.82. The standard InChI is InChI=1S/C20H38ClNO3Si/c1-15(13-21)10-11-16-12-17(25-26(8,9)20(5,6)7)14-22(16)18(23)24-19(2,3)4/h13,16-17H,10-12,14H2,1-9H3/b15-13+/t16-,17-/m1/s1. The molecule has 1 saturated heterocycles. The maximum Gasteiger partial charge on any atom is 0.410 e. The first kappa shape index (κ1) is 23.5. The maximum absolute atomic E-state index is 12.7. The highest BCUT2D eigenvalue weighted by Gasteiger charge is 2.44. The second-order valence-corrected chi connectivity index (χ2v) is 15.0. The van der Waals surface area contributed by atoms with Gasteiger partial charge in [-0.2, -0.15) is 0 Å². The van der Waals surface area contributed by atoms with E-state index in [0.29, 0.717) is 6.54 Å². The second-order valence-electron chi connectivity index (χ2n) is 10.0. The highest BCUT2D eigenvalue weighted by Crippen LogP contribution is 2.39. The lowest BCUT2D eigenvalue weighted by Gasteiger charge is -2.38. The number of amides is 1. The van der Waals surface area contributed by atoms with Gasteiger partial charge in [0.1, 0.15) is 5.60 Å². The molecule has 26 heavy (non-hydrogen) atoms. The highest BCUT2D eigenvalue weighted by molar-refractivity contribution is 6.74. The first-order chi connectivity index (χ1) is 11.7. The molecule has 0 bridgehead atoms. The number of ether oxygens (including phenoxy) is 1. The van der Waals surface area contributed by atoms with Crippen LogP contribution in [0.2, 0.25) is 18.1 Å². The largest absolute Gasteiger partial charge is 0.444 e. The first-order valence-corrected chi connectivity index (χ1v) is 12.9. The molecule has 4 nitrogen and oxygen atoms in total. The fourth-order valence-corrected chi connectivity index (χ4v) is 4.29. The minimum absolute atomic E-state index is 0.0775. The molecule has 0 aromatic carbocycles. The topological polar surface area (TPSA) is 38.8 Å². The van der Waals surface area contributed by atoms with E-state index in [1.165, 1.54) is 0 Å². The Hall–Kier alpha value is -0.523. The van der Waals surface area contributed by atoms with Crippen LogP contribution in [-0.4, -0.2) is 43.6 Å². The summed E-state index contributed by atoms with van der Waals surface area (Å²) in [7, 11) is -1.87. The molecule has 0 N–H and O–H groups in total. The van der Waals surface area contributed by atoms with Gasteiger partial charge in [0.2, 0.25) is 0 Å². The lowest BCUT2D eigenvalue weighted by Crippen LogP contribution is -2.45. The average molecular weight is 404 g/mol. The van der Waals surface area contributed by atoms with E-state index < -0.39 is 13.9 Å². The smallest absolute Gasteiger partial charge is 0.410 e. The summed E-state index contributed by atoms with van der Waals surface area (Å²) in [6, 6.07) is 0.131. The molecule has 0 unspecified atom stereocenters. The number of hydrogen-bond donors (Lipinski definition) is 0. The lowest BCUT2D eigenvalue weighted by molar-refractivity contribution is 0.0205. The van der Waals surface area contributed by atoms with Gasteiger partial charge in [0.15, 0.2) is 8.32 Å². The van der Waals surface area contributed by atoms with Crippen molar-refractivity contribution in [2.24, 2.45) is 0 Å². The van der Waals surface area contributed by atoms with Crippen LogP contribution in [0.4, 0.5) is 4.79 Å². The third-order valence-electron chi connectivity index (χ3n) is 5.33. The van der Waals surface area contributed by atoms with Crippen LogP contribution < -0.4 is 0 Å². The molecule has 1 fully saturated rings. The van der Waals surface area contributed by atoms with Crippen LogP contribution in [0.15, 0.2) is 11.1 Å². The molecule has 0 aromatic rings. The van der Waals surface area contributed by atoms with Crippen LogP contribution >= 0.6 is 11.6 Å². The molecule has 1 aliphatic heterocycles. The van der Waals surface area contributed by atoms with Crippen molar-refractivity contribution in [3.63, 3.8) is 0 Å². The third kappa shape index (κ3) is 6.89. The zero-order valence-corrected chi connectivity index (χ0v) is 19.9. The van der Waals surface area contributed by atoms with Crippen molar-refractivity contribution in [2.45, 2.75) is 104 Å². The van der Waals surface area contributed by atoms with Crippen LogP contribution in [0.1, 0.15) is 67.7 Å². The summed E-state index contributed by atoms with van der Waals surface area (Å²) in [4.78, 5) is 14.6. The zero-order valence-electron chi connectivity index (χ0n) is 18.1. The number of nitrogens with zero attached hydrogens (tertiary/aromatic N) is 1. The first-order valence-electron chi connectivity index (χ1n) is 9.59. The monoisotopic (exact) mass is 403 g/mol. The Morgan fingerprint density at radius 3 is 2.27 bits per heavy atom. The molecule has 152 valence electrons. The minimum Gasteiger partial charge on any atom is -0.444 e. The minimum atomic E-state index is -1.87. The Labute approximate surface area is 166 Å². The summed E-state index contributed by atoms with van der Waals surface area (Å²) < 4.78 is 12.2. The number of halogens is 1. The van der Waals surface area contributed by atoms with Crippen LogP contribution in [-0.2, 0) is 9.16 Å². The number of allylic oxidation sites excluding steroid dienone is 1. The maximum atomic E-state index is 12.7. The predicted octanol–water partition coefficient (Wildman–Crippen LogP) is 6.31. The molecule has 6 heteroatoms. The van der Waals surface area contributed by atoms with Crippen molar-refractivity contribution in [3.05, 3.63) is 11.1 Å². The predicted molar refractivity (Wildman–Crippen MR) is 112 cm³/mol. The van der Waals surface area contributed by atoms with Gasteiger partial charge in [0, 0.05) is 18.1 Å². The van der Waals surface area contributed by atoms with Gasteiger partial charge in [-0.1, -0.05) is 37.9 Å². The van der Waals surface area contributed by atoms with Gasteiger partial charge in [0.25, 0.3) is 0 Å².